The molecule has 0 aromatic carbocycles. The molecule has 6 nitrogen and oxygen atoms in total. The van der Waals surface area contributed by atoms with E-state index in [1.807, 2.05) is 30.6 Å². The standard InChI is InChI=1S/C17H28N4O2/c1-11-16(12(2)21(4)19-11)17-13(8-15(22)20(17)3)9-18-14-6-5-7-23-10-14/h13-14,17-18H,5-10H2,1-4H3/t13-,14+,17+/m0/s1. The summed E-state index contributed by atoms with van der Waals surface area (Å²) in [5.41, 5.74) is 3.40. The number of rotatable bonds is 4. The smallest absolute Gasteiger partial charge is 0.223 e. The van der Waals surface area contributed by atoms with Crippen molar-refractivity contribution in [2.75, 3.05) is 26.8 Å². The first-order valence-electron chi connectivity index (χ1n) is 8.56. The fourth-order valence-electron chi connectivity index (χ4n) is 4.00. The third-order valence-electron chi connectivity index (χ3n) is 5.38. The van der Waals surface area contributed by atoms with E-state index in [9.17, 15) is 4.79 Å². The second kappa shape index (κ2) is 6.61. The van der Waals surface area contributed by atoms with Crippen molar-refractivity contribution in [3.63, 3.8) is 0 Å². The molecule has 0 saturated carbocycles. The van der Waals surface area contributed by atoms with Crippen LogP contribution in [0.2, 0.25) is 0 Å². The van der Waals surface area contributed by atoms with E-state index >= 15 is 0 Å². The van der Waals surface area contributed by atoms with Crippen LogP contribution in [-0.4, -0.2) is 53.4 Å². The van der Waals surface area contributed by atoms with Crippen LogP contribution in [0.15, 0.2) is 0 Å². The van der Waals surface area contributed by atoms with Gasteiger partial charge in [-0.15, -0.1) is 0 Å². The maximum atomic E-state index is 12.3. The molecule has 23 heavy (non-hydrogen) atoms. The number of carbonyl (C=O) groups is 1. The topological polar surface area (TPSA) is 59.4 Å². The van der Waals surface area contributed by atoms with Crippen molar-refractivity contribution in [1.29, 1.82) is 0 Å². The van der Waals surface area contributed by atoms with Gasteiger partial charge < -0.3 is 15.0 Å². The highest BCUT2D eigenvalue weighted by atomic mass is 16.5. The Morgan fingerprint density at radius 3 is 2.74 bits per heavy atom. The average Bonchev–Trinajstić information content (AvgIpc) is 2.95. The minimum Gasteiger partial charge on any atom is -0.380 e. The second-order valence-corrected chi connectivity index (χ2v) is 6.94. The van der Waals surface area contributed by atoms with Gasteiger partial charge in [-0.2, -0.15) is 5.10 Å². The number of amides is 1. The van der Waals surface area contributed by atoms with Crippen LogP contribution in [0.25, 0.3) is 0 Å². The van der Waals surface area contributed by atoms with E-state index in [4.69, 9.17) is 4.74 Å². The summed E-state index contributed by atoms with van der Waals surface area (Å²) in [6.07, 6.45) is 2.88. The molecule has 2 aliphatic heterocycles. The fourth-order valence-corrected chi connectivity index (χ4v) is 4.00. The van der Waals surface area contributed by atoms with Crippen molar-refractivity contribution in [2.45, 2.75) is 45.2 Å². The first kappa shape index (κ1) is 16.5. The van der Waals surface area contributed by atoms with Gasteiger partial charge in [0, 0.05) is 56.9 Å². The van der Waals surface area contributed by atoms with Gasteiger partial charge in [0.15, 0.2) is 0 Å². The molecule has 6 heteroatoms. The van der Waals surface area contributed by atoms with Gasteiger partial charge in [-0.05, 0) is 26.7 Å². The number of aromatic nitrogens is 2. The molecule has 3 heterocycles. The van der Waals surface area contributed by atoms with Gasteiger partial charge >= 0.3 is 0 Å². The highest BCUT2D eigenvalue weighted by Gasteiger charge is 2.41. The molecule has 2 aliphatic rings. The van der Waals surface area contributed by atoms with Gasteiger partial charge in [0.05, 0.1) is 18.3 Å². The summed E-state index contributed by atoms with van der Waals surface area (Å²) < 4.78 is 7.46. The maximum absolute atomic E-state index is 12.3. The Bertz CT molecular complexity index is 577. The molecule has 0 unspecified atom stereocenters. The molecule has 2 fully saturated rings. The van der Waals surface area contributed by atoms with Crippen LogP contribution < -0.4 is 5.32 Å². The van der Waals surface area contributed by atoms with E-state index in [2.05, 4.69) is 17.3 Å². The van der Waals surface area contributed by atoms with Gasteiger partial charge in [0.2, 0.25) is 5.91 Å². The highest BCUT2D eigenvalue weighted by Crippen LogP contribution is 2.39. The van der Waals surface area contributed by atoms with Crippen molar-refractivity contribution >= 4 is 5.91 Å². The number of carbonyl (C=O) groups excluding carboxylic acids is 1. The summed E-state index contributed by atoms with van der Waals surface area (Å²) in [5.74, 6) is 0.514. The largest absolute Gasteiger partial charge is 0.380 e. The third-order valence-corrected chi connectivity index (χ3v) is 5.38. The Kier molecular flexibility index (Phi) is 4.73. The first-order valence-corrected chi connectivity index (χ1v) is 8.56. The second-order valence-electron chi connectivity index (χ2n) is 6.94. The van der Waals surface area contributed by atoms with Crippen molar-refractivity contribution in [1.82, 2.24) is 20.0 Å². The molecule has 1 aromatic heterocycles. The molecule has 3 rings (SSSR count). The Morgan fingerprint density at radius 2 is 2.13 bits per heavy atom. The number of likely N-dealkylation sites (tertiary alicyclic amines) is 1. The lowest BCUT2D eigenvalue weighted by Crippen LogP contribution is -2.40. The molecule has 0 aliphatic carbocycles. The van der Waals surface area contributed by atoms with E-state index in [0.717, 1.165) is 44.0 Å². The van der Waals surface area contributed by atoms with Crippen LogP contribution in [-0.2, 0) is 16.6 Å². The lowest BCUT2D eigenvalue weighted by Gasteiger charge is -2.29. The summed E-state index contributed by atoms with van der Waals surface area (Å²) in [6.45, 7) is 6.64. The maximum Gasteiger partial charge on any atom is 0.223 e. The average molecular weight is 320 g/mol. The summed E-state index contributed by atoms with van der Waals surface area (Å²) in [7, 11) is 3.89. The van der Waals surface area contributed by atoms with Gasteiger partial charge in [-0.1, -0.05) is 0 Å². The number of aryl methyl sites for hydroxylation is 2. The Labute approximate surface area is 138 Å². The van der Waals surface area contributed by atoms with Crippen LogP contribution in [0.3, 0.4) is 0 Å². The van der Waals surface area contributed by atoms with Crippen LogP contribution in [0.5, 0.6) is 0 Å². The molecule has 0 spiro atoms. The molecule has 1 amide bonds. The summed E-state index contributed by atoms with van der Waals surface area (Å²) in [4.78, 5) is 14.2. The summed E-state index contributed by atoms with van der Waals surface area (Å²) in [6, 6.07) is 0.537. The van der Waals surface area contributed by atoms with E-state index < -0.39 is 0 Å². The Morgan fingerprint density at radius 1 is 1.35 bits per heavy atom. The molecule has 3 atom stereocenters. The third kappa shape index (κ3) is 3.15. The first-order chi connectivity index (χ1) is 11.0. The number of nitrogens with one attached hydrogen (secondary N) is 1. The molecule has 2 saturated heterocycles. The Hall–Kier alpha value is -1.40. The van der Waals surface area contributed by atoms with E-state index in [1.54, 1.807) is 0 Å². The molecule has 0 radical (unpaired) electrons. The lowest BCUT2D eigenvalue weighted by molar-refractivity contribution is -0.127. The Balaban J connectivity index is 1.76. The predicted octanol–water partition coefficient (Wildman–Crippen LogP) is 1.32. The number of hydrogen-bond donors (Lipinski definition) is 1. The lowest BCUT2D eigenvalue weighted by atomic mass is 9.92. The molecular weight excluding hydrogens is 292 g/mol. The van der Waals surface area contributed by atoms with Crippen LogP contribution in [0, 0.1) is 19.8 Å². The zero-order chi connectivity index (χ0) is 16.6. The van der Waals surface area contributed by atoms with E-state index in [-0.39, 0.29) is 17.9 Å². The molecular formula is C17H28N4O2. The quantitative estimate of drug-likeness (QED) is 0.909. The number of nitrogens with zero attached hydrogens (tertiary/aromatic N) is 3. The van der Waals surface area contributed by atoms with Gasteiger partial charge in [-0.25, -0.2) is 0 Å². The number of hydrogen-bond acceptors (Lipinski definition) is 4. The van der Waals surface area contributed by atoms with E-state index in [0.29, 0.717) is 12.5 Å². The minimum absolute atomic E-state index is 0.119. The van der Waals surface area contributed by atoms with Crippen molar-refractivity contribution < 1.29 is 9.53 Å². The minimum atomic E-state index is 0.119. The molecule has 1 aromatic rings. The zero-order valence-corrected chi connectivity index (χ0v) is 14.6. The van der Waals surface area contributed by atoms with Gasteiger partial charge in [0.1, 0.15) is 0 Å². The monoisotopic (exact) mass is 320 g/mol. The van der Waals surface area contributed by atoms with E-state index in [1.165, 1.54) is 5.56 Å². The fraction of sp³-hybridized carbons (Fsp3) is 0.765. The van der Waals surface area contributed by atoms with Crippen LogP contribution >= 0.6 is 0 Å². The highest BCUT2D eigenvalue weighted by molar-refractivity contribution is 5.79. The van der Waals surface area contributed by atoms with Crippen molar-refractivity contribution in [2.24, 2.45) is 13.0 Å². The number of ether oxygens (including phenoxy) is 1. The zero-order valence-electron chi connectivity index (χ0n) is 14.6. The molecule has 1 N–H and O–H groups in total. The summed E-state index contributed by atoms with van der Waals surface area (Å²) in [5, 5.41) is 8.16. The van der Waals surface area contributed by atoms with Crippen molar-refractivity contribution in [3.05, 3.63) is 17.0 Å². The normalized spacial score (nSPS) is 28.6. The van der Waals surface area contributed by atoms with Gasteiger partial charge in [-0.3, -0.25) is 9.48 Å². The predicted molar refractivity (Wildman–Crippen MR) is 88.1 cm³/mol. The van der Waals surface area contributed by atoms with Crippen LogP contribution in [0.1, 0.15) is 42.3 Å². The summed E-state index contributed by atoms with van der Waals surface area (Å²) >= 11 is 0. The molecule has 128 valence electrons. The molecule has 0 bridgehead atoms. The van der Waals surface area contributed by atoms with Crippen LogP contribution in [0.4, 0.5) is 0 Å². The SMILES string of the molecule is Cc1nn(C)c(C)c1[C@H]1[C@H](CN[C@@H]2CCCOC2)CC(=O)N1C. The van der Waals surface area contributed by atoms with Gasteiger partial charge in [0.25, 0.3) is 0 Å². The van der Waals surface area contributed by atoms with Crippen molar-refractivity contribution in [3.8, 4) is 0 Å².